The molecule has 108 valence electrons. The zero-order chi connectivity index (χ0) is 15.3. The Morgan fingerprint density at radius 2 is 1.71 bits per heavy atom. The van der Waals surface area contributed by atoms with E-state index in [0.717, 1.165) is 5.56 Å². The topological polar surface area (TPSA) is 70.0 Å². The van der Waals surface area contributed by atoms with Crippen LogP contribution in [-0.2, 0) is 10.0 Å². The zero-order valence-corrected chi connectivity index (χ0v) is 12.5. The van der Waals surface area contributed by atoms with Crippen molar-refractivity contribution in [2.75, 3.05) is 10.5 Å². The summed E-state index contributed by atoms with van der Waals surface area (Å²) in [4.78, 5) is 0. The molecule has 0 aliphatic carbocycles. The van der Waals surface area contributed by atoms with Crippen molar-refractivity contribution in [2.45, 2.75) is 12.8 Å². The van der Waals surface area contributed by atoms with E-state index >= 15 is 0 Å². The lowest BCUT2D eigenvalue weighted by Crippen LogP contribution is -2.21. The fraction of sp³-hybridized carbons (Fsp3) is 0.188. The van der Waals surface area contributed by atoms with Gasteiger partial charge in [-0.25, -0.2) is 8.42 Å². The lowest BCUT2D eigenvalue weighted by molar-refractivity contribution is 0.595. The van der Waals surface area contributed by atoms with Gasteiger partial charge >= 0.3 is 0 Å². The standard InChI is InChI=1S/C16H16N2O2S/c1-13(14-7-3-2-4-8-14)12-21(19,20)18-16-10-6-5-9-15(16)11-17/h2-10,13,18H,12H2,1H3. The van der Waals surface area contributed by atoms with Gasteiger partial charge in [-0.2, -0.15) is 5.26 Å². The molecule has 0 fully saturated rings. The van der Waals surface area contributed by atoms with Crippen molar-refractivity contribution in [3.63, 3.8) is 0 Å². The van der Waals surface area contributed by atoms with Crippen LogP contribution in [0.25, 0.3) is 0 Å². The third kappa shape index (κ3) is 4.07. The summed E-state index contributed by atoms with van der Waals surface area (Å²) in [5.74, 6) is -0.158. The highest BCUT2D eigenvalue weighted by Crippen LogP contribution is 2.20. The van der Waals surface area contributed by atoms with Gasteiger partial charge in [-0.1, -0.05) is 49.4 Å². The molecule has 0 spiro atoms. The van der Waals surface area contributed by atoms with E-state index in [1.807, 2.05) is 43.3 Å². The average Bonchev–Trinajstić information content (AvgIpc) is 2.47. The van der Waals surface area contributed by atoms with Gasteiger partial charge in [0.05, 0.1) is 17.0 Å². The molecule has 0 saturated heterocycles. The molecule has 0 aromatic heterocycles. The second-order valence-electron chi connectivity index (χ2n) is 4.85. The molecule has 0 amide bonds. The normalized spacial score (nSPS) is 12.4. The van der Waals surface area contributed by atoms with Gasteiger partial charge in [-0.05, 0) is 23.6 Å². The summed E-state index contributed by atoms with van der Waals surface area (Å²) in [6, 6.07) is 18.0. The minimum atomic E-state index is -3.52. The third-order valence-electron chi connectivity index (χ3n) is 3.15. The maximum Gasteiger partial charge on any atom is 0.233 e. The molecule has 0 aliphatic rings. The quantitative estimate of drug-likeness (QED) is 0.922. The lowest BCUT2D eigenvalue weighted by atomic mass is 10.0. The molecule has 1 N–H and O–H groups in total. The number of nitriles is 1. The molecular weight excluding hydrogens is 284 g/mol. The van der Waals surface area contributed by atoms with Crippen LogP contribution in [0, 0.1) is 11.3 Å². The van der Waals surface area contributed by atoms with Gasteiger partial charge in [-0.15, -0.1) is 0 Å². The first-order chi connectivity index (χ1) is 10.0. The number of anilines is 1. The lowest BCUT2D eigenvalue weighted by Gasteiger charge is -2.14. The number of benzene rings is 2. The van der Waals surface area contributed by atoms with Crippen LogP contribution in [0.5, 0.6) is 0 Å². The smallest absolute Gasteiger partial charge is 0.233 e. The summed E-state index contributed by atoms with van der Waals surface area (Å²) >= 11 is 0. The number of para-hydroxylation sites is 1. The van der Waals surface area contributed by atoms with Crippen LogP contribution in [-0.4, -0.2) is 14.2 Å². The Bertz CT molecular complexity index is 749. The number of nitrogens with zero attached hydrogens (tertiary/aromatic N) is 1. The molecule has 4 nitrogen and oxygen atoms in total. The largest absolute Gasteiger partial charge is 0.282 e. The summed E-state index contributed by atoms with van der Waals surface area (Å²) < 4.78 is 27.0. The van der Waals surface area contributed by atoms with Crippen LogP contribution in [0.15, 0.2) is 54.6 Å². The highest BCUT2D eigenvalue weighted by atomic mass is 32.2. The summed E-state index contributed by atoms with van der Waals surface area (Å²) in [5.41, 5.74) is 1.60. The predicted octanol–water partition coefficient (Wildman–Crippen LogP) is 3.10. The van der Waals surface area contributed by atoms with Gasteiger partial charge in [-0.3, -0.25) is 4.72 Å². The Morgan fingerprint density at radius 1 is 1.10 bits per heavy atom. The van der Waals surface area contributed by atoms with Gasteiger partial charge in [0, 0.05) is 0 Å². The maximum atomic E-state index is 12.2. The number of rotatable bonds is 5. The van der Waals surface area contributed by atoms with E-state index in [4.69, 9.17) is 5.26 Å². The summed E-state index contributed by atoms with van der Waals surface area (Å²) in [7, 11) is -3.52. The highest BCUT2D eigenvalue weighted by molar-refractivity contribution is 7.92. The van der Waals surface area contributed by atoms with E-state index in [9.17, 15) is 8.42 Å². The molecule has 1 atom stereocenters. The Labute approximate surface area is 125 Å². The van der Waals surface area contributed by atoms with E-state index in [-0.39, 0.29) is 11.7 Å². The summed E-state index contributed by atoms with van der Waals surface area (Å²) in [5, 5.41) is 8.99. The van der Waals surface area contributed by atoms with Gasteiger partial charge in [0.15, 0.2) is 0 Å². The van der Waals surface area contributed by atoms with Crippen LogP contribution >= 0.6 is 0 Å². The van der Waals surface area contributed by atoms with Crippen molar-refractivity contribution < 1.29 is 8.42 Å². The maximum absolute atomic E-state index is 12.2. The Kier molecular flexibility index (Phi) is 4.61. The molecule has 2 rings (SSSR count). The molecule has 0 radical (unpaired) electrons. The molecule has 5 heteroatoms. The first-order valence-electron chi connectivity index (χ1n) is 6.56. The Hall–Kier alpha value is -2.32. The first-order valence-corrected chi connectivity index (χ1v) is 8.21. The van der Waals surface area contributed by atoms with Crippen LogP contribution in [0.2, 0.25) is 0 Å². The summed E-state index contributed by atoms with van der Waals surface area (Å²) in [6.07, 6.45) is 0. The van der Waals surface area contributed by atoms with Crippen molar-refractivity contribution in [1.82, 2.24) is 0 Å². The first kappa shape index (κ1) is 15.1. The molecule has 21 heavy (non-hydrogen) atoms. The number of hydrogen-bond acceptors (Lipinski definition) is 3. The predicted molar refractivity (Wildman–Crippen MR) is 83.4 cm³/mol. The van der Waals surface area contributed by atoms with Crippen molar-refractivity contribution in [3.05, 3.63) is 65.7 Å². The van der Waals surface area contributed by atoms with Crippen molar-refractivity contribution in [3.8, 4) is 6.07 Å². The Morgan fingerprint density at radius 3 is 2.38 bits per heavy atom. The number of sulfonamides is 1. The Balaban J connectivity index is 2.14. The van der Waals surface area contributed by atoms with Crippen LogP contribution < -0.4 is 4.72 Å². The average molecular weight is 300 g/mol. The van der Waals surface area contributed by atoms with E-state index in [0.29, 0.717) is 11.3 Å². The number of nitrogens with one attached hydrogen (secondary N) is 1. The van der Waals surface area contributed by atoms with Gasteiger partial charge in [0.25, 0.3) is 0 Å². The number of hydrogen-bond donors (Lipinski definition) is 1. The van der Waals surface area contributed by atoms with Gasteiger partial charge in [0.1, 0.15) is 6.07 Å². The van der Waals surface area contributed by atoms with Gasteiger partial charge in [0.2, 0.25) is 10.0 Å². The fourth-order valence-corrected chi connectivity index (χ4v) is 3.53. The molecule has 0 saturated carbocycles. The van der Waals surface area contributed by atoms with E-state index < -0.39 is 10.0 Å². The SMILES string of the molecule is CC(CS(=O)(=O)Nc1ccccc1C#N)c1ccccc1. The summed E-state index contributed by atoms with van der Waals surface area (Å²) in [6.45, 7) is 1.87. The van der Waals surface area contributed by atoms with Crippen molar-refractivity contribution in [1.29, 1.82) is 5.26 Å². The minimum absolute atomic E-state index is 0.0310. The third-order valence-corrected chi connectivity index (χ3v) is 4.62. The monoisotopic (exact) mass is 300 g/mol. The molecule has 2 aromatic rings. The van der Waals surface area contributed by atoms with E-state index in [2.05, 4.69) is 4.72 Å². The van der Waals surface area contributed by atoms with Crippen LogP contribution in [0.1, 0.15) is 24.0 Å². The second-order valence-corrected chi connectivity index (χ2v) is 6.62. The molecule has 0 heterocycles. The van der Waals surface area contributed by atoms with Crippen molar-refractivity contribution >= 4 is 15.7 Å². The van der Waals surface area contributed by atoms with Gasteiger partial charge < -0.3 is 0 Å². The molecule has 0 aliphatic heterocycles. The molecule has 2 aromatic carbocycles. The van der Waals surface area contributed by atoms with Crippen molar-refractivity contribution in [2.24, 2.45) is 0 Å². The molecule has 1 unspecified atom stereocenters. The van der Waals surface area contributed by atoms with Crippen LogP contribution in [0.4, 0.5) is 5.69 Å². The second kappa shape index (κ2) is 6.42. The molecule has 0 bridgehead atoms. The zero-order valence-electron chi connectivity index (χ0n) is 11.7. The minimum Gasteiger partial charge on any atom is -0.282 e. The highest BCUT2D eigenvalue weighted by Gasteiger charge is 2.18. The van der Waals surface area contributed by atoms with E-state index in [1.54, 1.807) is 24.3 Å². The van der Waals surface area contributed by atoms with E-state index in [1.165, 1.54) is 0 Å². The van der Waals surface area contributed by atoms with Crippen LogP contribution in [0.3, 0.4) is 0 Å². The fourth-order valence-electron chi connectivity index (χ4n) is 2.09. The molecular formula is C16H16N2O2S.